The smallest absolute Gasteiger partial charge is 0.253 e. The molecule has 1 aromatic heterocycles. The van der Waals surface area contributed by atoms with Crippen molar-refractivity contribution in [2.45, 2.75) is 38.8 Å². The van der Waals surface area contributed by atoms with Gasteiger partial charge in [-0.1, -0.05) is 0 Å². The third-order valence-electron chi connectivity index (χ3n) is 5.48. The summed E-state index contributed by atoms with van der Waals surface area (Å²) in [6.07, 6.45) is 1.79. The maximum Gasteiger partial charge on any atom is 0.253 e. The average Bonchev–Trinajstić information content (AvgIpc) is 2.59. The number of carbonyl (C=O) groups excluding carboxylic acids is 1. The van der Waals surface area contributed by atoms with Crippen molar-refractivity contribution >= 4 is 16.9 Å². The topological polar surface area (TPSA) is 69.6 Å². The summed E-state index contributed by atoms with van der Waals surface area (Å²) in [4.78, 5) is 26.2. The van der Waals surface area contributed by atoms with Crippen LogP contribution in [0.25, 0.3) is 11.0 Å². The largest absolute Gasteiger partial charge is 0.390 e. The van der Waals surface area contributed by atoms with Crippen molar-refractivity contribution in [1.29, 1.82) is 0 Å². The lowest BCUT2D eigenvalue weighted by Gasteiger charge is -2.45. The number of aliphatic hydroxyl groups is 1. The molecule has 6 heteroatoms. The second-order valence-corrected chi connectivity index (χ2v) is 7.23. The number of β-amino-alcohol motifs (C(OH)–C–C–N with tert-alkyl or cyclic N) is 1. The van der Waals surface area contributed by atoms with Crippen LogP contribution in [0.5, 0.6) is 0 Å². The Morgan fingerprint density at radius 1 is 1.08 bits per heavy atom. The Morgan fingerprint density at radius 3 is 2.36 bits per heavy atom. The lowest BCUT2D eigenvalue weighted by molar-refractivity contribution is -0.0381. The molecule has 6 nitrogen and oxygen atoms in total. The minimum atomic E-state index is -0.162. The Balaban J connectivity index is 1.46. The predicted molar refractivity (Wildman–Crippen MR) is 95.5 cm³/mol. The first-order valence-electron chi connectivity index (χ1n) is 8.97. The Bertz CT molecular complexity index is 808. The van der Waals surface area contributed by atoms with Gasteiger partial charge in [0, 0.05) is 37.8 Å². The Labute approximate surface area is 147 Å². The highest BCUT2D eigenvalue weighted by molar-refractivity contribution is 5.97. The van der Waals surface area contributed by atoms with Gasteiger partial charge in [0.05, 0.1) is 28.5 Å². The van der Waals surface area contributed by atoms with Gasteiger partial charge in [0.2, 0.25) is 0 Å². The molecule has 1 amide bonds. The van der Waals surface area contributed by atoms with Crippen molar-refractivity contribution in [3.05, 3.63) is 35.2 Å². The van der Waals surface area contributed by atoms with Crippen LogP contribution in [-0.4, -0.2) is 69.1 Å². The van der Waals surface area contributed by atoms with Crippen LogP contribution in [0.4, 0.5) is 0 Å². The molecule has 2 aliphatic rings. The number of aryl methyl sites for hydroxylation is 2. The molecule has 0 saturated carbocycles. The number of benzene rings is 1. The Hall–Kier alpha value is -2.05. The van der Waals surface area contributed by atoms with E-state index in [0.717, 1.165) is 61.4 Å². The first kappa shape index (κ1) is 16.4. The highest BCUT2D eigenvalue weighted by atomic mass is 16.3. The molecule has 0 aliphatic carbocycles. The second kappa shape index (κ2) is 6.35. The predicted octanol–water partition coefficient (Wildman–Crippen LogP) is 1.53. The number of aromatic nitrogens is 2. The summed E-state index contributed by atoms with van der Waals surface area (Å²) in [6.45, 7) is 6.98. The summed E-state index contributed by atoms with van der Waals surface area (Å²) in [5.41, 5.74) is 4.11. The summed E-state index contributed by atoms with van der Waals surface area (Å²) >= 11 is 0. The zero-order valence-electron chi connectivity index (χ0n) is 14.8. The van der Waals surface area contributed by atoms with Crippen LogP contribution >= 0.6 is 0 Å². The highest BCUT2D eigenvalue weighted by Crippen LogP contribution is 2.23. The number of nitrogens with zero attached hydrogens (tertiary/aromatic N) is 4. The van der Waals surface area contributed by atoms with Gasteiger partial charge >= 0.3 is 0 Å². The van der Waals surface area contributed by atoms with Crippen molar-refractivity contribution in [3.63, 3.8) is 0 Å². The van der Waals surface area contributed by atoms with Gasteiger partial charge in [-0.25, -0.2) is 9.97 Å². The highest BCUT2D eigenvalue weighted by Gasteiger charge is 2.34. The fourth-order valence-electron chi connectivity index (χ4n) is 3.77. The molecule has 0 bridgehead atoms. The van der Waals surface area contributed by atoms with Crippen LogP contribution in [0.1, 0.15) is 34.6 Å². The molecule has 0 radical (unpaired) electrons. The zero-order valence-corrected chi connectivity index (χ0v) is 14.8. The summed E-state index contributed by atoms with van der Waals surface area (Å²) < 4.78 is 0. The number of amides is 1. The first-order chi connectivity index (χ1) is 12.0. The van der Waals surface area contributed by atoms with Crippen LogP contribution in [0.2, 0.25) is 0 Å². The van der Waals surface area contributed by atoms with Gasteiger partial charge < -0.3 is 10.0 Å². The molecular weight excluding hydrogens is 316 g/mol. The molecular formula is C19H24N4O2. The molecule has 2 aliphatic heterocycles. The molecule has 0 unspecified atom stereocenters. The van der Waals surface area contributed by atoms with Gasteiger partial charge in [0.1, 0.15) is 0 Å². The van der Waals surface area contributed by atoms with Gasteiger partial charge in [-0.3, -0.25) is 9.69 Å². The van der Waals surface area contributed by atoms with Crippen molar-refractivity contribution in [2.75, 3.05) is 26.2 Å². The van der Waals surface area contributed by atoms with Crippen LogP contribution in [-0.2, 0) is 0 Å². The molecule has 2 fully saturated rings. The van der Waals surface area contributed by atoms with E-state index in [-0.39, 0.29) is 12.0 Å². The van der Waals surface area contributed by atoms with Crippen molar-refractivity contribution in [1.82, 2.24) is 19.8 Å². The fourth-order valence-corrected chi connectivity index (χ4v) is 3.77. The molecule has 2 aromatic rings. The monoisotopic (exact) mass is 340 g/mol. The van der Waals surface area contributed by atoms with Crippen LogP contribution in [0.15, 0.2) is 18.2 Å². The molecule has 2 saturated heterocycles. The van der Waals surface area contributed by atoms with Gasteiger partial charge in [0.25, 0.3) is 5.91 Å². The average molecular weight is 340 g/mol. The van der Waals surface area contributed by atoms with Crippen LogP contribution in [0, 0.1) is 13.8 Å². The van der Waals surface area contributed by atoms with Crippen molar-refractivity contribution in [3.8, 4) is 0 Å². The summed E-state index contributed by atoms with van der Waals surface area (Å²) in [6, 6.07) is 6.09. The lowest BCUT2D eigenvalue weighted by Crippen LogP contribution is -2.58. The number of likely N-dealkylation sites (tertiary alicyclic amines) is 2. The fraction of sp³-hybridized carbons (Fsp3) is 0.526. The first-order valence-corrected chi connectivity index (χ1v) is 8.97. The van der Waals surface area contributed by atoms with E-state index in [9.17, 15) is 9.90 Å². The Kier molecular flexibility index (Phi) is 4.17. The number of aliphatic hydroxyl groups excluding tert-OH is 1. The number of piperidine rings is 1. The minimum absolute atomic E-state index is 0.0732. The summed E-state index contributed by atoms with van der Waals surface area (Å²) in [5, 5.41) is 9.44. The number of fused-ring (bicyclic) bond motifs is 1. The molecule has 0 spiro atoms. The number of rotatable bonds is 2. The summed E-state index contributed by atoms with van der Waals surface area (Å²) in [7, 11) is 0. The van der Waals surface area contributed by atoms with Crippen molar-refractivity contribution in [2.24, 2.45) is 0 Å². The number of carbonyl (C=O) groups is 1. The van der Waals surface area contributed by atoms with E-state index in [2.05, 4.69) is 14.9 Å². The minimum Gasteiger partial charge on any atom is -0.390 e. The number of hydrogen-bond acceptors (Lipinski definition) is 5. The molecule has 132 valence electrons. The maximum atomic E-state index is 12.8. The molecule has 1 aromatic carbocycles. The zero-order chi connectivity index (χ0) is 17.6. The second-order valence-electron chi connectivity index (χ2n) is 7.23. The maximum absolute atomic E-state index is 12.8. The number of hydrogen-bond donors (Lipinski definition) is 1. The van der Waals surface area contributed by atoms with Gasteiger partial charge in [-0.15, -0.1) is 0 Å². The molecule has 1 N–H and O–H groups in total. The standard InChI is InChI=1S/C19H24N4O2/c1-12-13(2)21-18-9-14(3-4-17(18)20-12)19(25)22-7-5-15(6-8-22)23-10-16(24)11-23/h3-4,9,15-16,24H,5-8,10-11H2,1-2H3. The Morgan fingerprint density at radius 2 is 1.72 bits per heavy atom. The van der Waals surface area contributed by atoms with E-state index in [4.69, 9.17) is 0 Å². The van der Waals surface area contributed by atoms with Crippen molar-refractivity contribution < 1.29 is 9.90 Å². The normalized spacial score (nSPS) is 20.0. The molecule has 0 atom stereocenters. The lowest BCUT2D eigenvalue weighted by atomic mass is 9.98. The SMILES string of the molecule is Cc1nc2ccc(C(=O)N3CCC(N4CC(O)C4)CC3)cc2nc1C. The molecule has 25 heavy (non-hydrogen) atoms. The van der Waals surface area contributed by atoms with E-state index in [0.29, 0.717) is 11.6 Å². The molecule has 4 rings (SSSR count). The third-order valence-corrected chi connectivity index (χ3v) is 5.48. The summed E-state index contributed by atoms with van der Waals surface area (Å²) in [5.74, 6) is 0.0732. The van der Waals surface area contributed by atoms with Crippen LogP contribution < -0.4 is 0 Å². The van der Waals surface area contributed by atoms with E-state index < -0.39 is 0 Å². The van der Waals surface area contributed by atoms with Gasteiger partial charge in [-0.2, -0.15) is 0 Å². The van der Waals surface area contributed by atoms with E-state index >= 15 is 0 Å². The van der Waals surface area contributed by atoms with Gasteiger partial charge in [-0.05, 0) is 44.9 Å². The quantitative estimate of drug-likeness (QED) is 0.898. The van der Waals surface area contributed by atoms with E-state index in [1.165, 1.54) is 0 Å². The third kappa shape index (κ3) is 3.12. The van der Waals surface area contributed by atoms with Gasteiger partial charge in [0.15, 0.2) is 0 Å². The van der Waals surface area contributed by atoms with Crippen LogP contribution in [0.3, 0.4) is 0 Å². The van der Waals surface area contributed by atoms with E-state index in [1.807, 2.05) is 36.9 Å². The van der Waals surface area contributed by atoms with E-state index in [1.54, 1.807) is 0 Å². The molecule has 3 heterocycles.